The maximum Gasteiger partial charge on any atom is 0.0186 e. The van der Waals surface area contributed by atoms with Gasteiger partial charge in [-0.15, -0.1) is 0 Å². The zero-order valence-electron chi connectivity index (χ0n) is 7.28. The Bertz CT molecular complexity index is 199. The van der Waals surface area contributed by atoms with Crippen molar-refractivity contribution in [3.63, 3.8) is 0 Å². The fourth-order valence-electron chi connectivity index (χ4n) is 1.41. The molecule has 0 unspecified atom stereocenters. The molecule has 1 aliphatic rings. The van der Waals surface area contributed by atoms with E-state index in [1.54, 1.807) is 0 Å². The fourth-order valence-corrected chi connectivity index (χ4v) is 1.63. The molecule has 0 radical (unpaired) electrons. The SMILES string of the molecule is CCCC1=C(C)CCC(Cl)=C1. The van der Waals surface area contributed by atoms with Crippen molar-refractivity contribution in [2.45, 2.75) is 39.5 Å². The van der Waals surface area contributed by atoms with Crippen LogP contribution in [0.25, 0.3) is 0 Å². The average molecular weight is 171 g/mol. The van der Waals surface area contributed by atoms with Gasteiger partial charge in [-0.25, -0.2) is 0 Å². The molecule has 0 nitrogen and oxygen atoms in total. The Morgan fingerprint density at radius 3 is 2.82 bits per heavy atom. The molecule has 0 fully saturated rings. The Hall–Kier alpha value is -0.230. The summed E-state index contributed by atoms with van der Waals surface area (Å²) in [6, 6.07) is 0. The van der Waals surface area contributed by atoms with Gasteiger partial charge in [0.2, 0.25) is 0 Å². The molecule has 0 saturated carbocycles. The van der Waals surface area contributed by atoms with Gasteiger partial charge < -0.3 is 0 Å². The largest absolute Gasteiger partial charge is 0.0891 e. The van der Waals surface area contributed by atoms with Gasteiger partial charge in [0, 0.05) is 5.03 Å². The number of hydrogen-bond acceptors (Lipinski definition) is 0. The van der Waals surface area contributed by atoms with Crippen molar-refractivity contribution in [1.82, 2.24) is 0 Å². The van der Waals surface area contributed by atoms with E-state index in [-0.39, 0.29) is 0 Å². The van der Waals surface area contributed by atoms with Crippen LogP contribution >= 0.6 is 11.6 Å². The second-order valence-electron chi connectivity index (χ2n) is 3.15. The highest BCUT2D eigenvalue weighted by Gasteiger charge is 2.07. The lowest BCUT2D eigenvalue weighted by atomic mass is 9.96. The number of hydrogen-bond donors (Lipinski definition) is 0. The molecule has 0 aromatic rings. The van der Waals surface area contributed by atoms with E-state index in [2.05, 4.69) is 19.9 Å². The van der Waals surface area contributed by atoms with Crippen molar-refractivity contribution < 1.29 is 0 Å². The van der Waals surface area contributed by atoms with Crippen molar-refractivity contribution in [2.75, 3.05) is 0 Å². The van der Waals surface area contributed by atoms with E-state index in [4.69, 9.17) is 11.6 Å². The lowest BCUT2D eigenvalue weighted by molar-refractivity contribution is 0.852. The molecule has 0 aliphatic heterocycles. The minimum absolute atomic E-state index is 1.03. The number of allylic oxidation sites excluding steroid dienone is 4. The zero-order valence-corrected chi connectivity index (χ0v) is 8.04. The predicted molar refractivity (Wildman–Crippen MR) is 50.8 cm³/mol. The Kier molecular flexibility index (Phi) is 3.19. The lowest BCUT2D eigenvalue weighted by Gasteiger charge is -2.13. The molecule has 0 N–H and O–H groups in total. The van der Waals surface area contributed by atoms with Crippen LogP contribution in [-0.4, -0.2) is 0 Å². The molecule has 1 rings (SSSR count). The van der Waals surface area contributed by atoms with Crippen LogP contribution in [0.2, 0.25) is 0 Å². The third-order valence-electron chi connectivity index (χ3n) is 2.14. The van der Waals surface area contributed by atoms with E-state index in [1.165, 1.54) is 24.0 Å². The first-order chi connectivity index (χ1) is 5.24. The maximum atomic E-state index is 5.94. The summed E-state index contributed by atoms with van der Waals surface area (Å²) in [4.78, 5) is 0. The fraction of sp³-hybridized carbons (Fsp3) is 0.600. The molecule has 62 valence electrons. The molecule has 0 spiro atoms. The predicted octanol–water partition coefficient (Wildman–Crippen LogP) is 4.02. The smallest absolute Gasteiger partial charge is 0.0186 e. The molecular weight excluding hydrogens is 156 g/mol. The molecule has 0 bridgehead atoms. The quantitative estimate of drug-likeness (QED) is 0.587. The minimum atomic E-state index is 1.03. The van der Waals surface area contributed by atoms with Crippen molar-refractivity contribution in [1.29, 1.82) is 0 Å². The zero-order chi connectivity index (χ0) is 8.27. The Balaban J connectivity index is 2.71. The highest BCUT2D eigenvalue weighted by Crippen LogP contribution is 2.27. The molecule has 11 heavy (non-hydrogen) atoms. The van der Waals surface area contributed by atoms with Crippen LogP contribution in [0.3, 0.4) is 0 Å². The molecule has 0 aromatic heterocycles. The summed E-state index contributed by atoms with van der Waals surface area (Å²) in [5.74, 6) is 0. The maximum absolute atomic E-state index is 5.94. The van der Waals surface area contributed by atoms with E-state index in [0.717, 1.165) is 17.9 Å². The molecule has 0 saturated heterocycles. The first-order valence-corrected chi connectivity index (χ1v) is 4.66. The van der Waals surface area contributed by atoms with Gasteiger partial charge in [0.05, 0.1) is 0 Å². The van der Waals surface area contributed by atoms with Crippen LogP contribution in [0.15, 0.2) is 22.3 Å². The third kappa shape index (κ3) is 2.37. The van der Waals surface area contributed by atoms with E-state index in [1.807, 2.05) is 0 Å². The van der Waals surface area contributed by atoms with Crippen LogP contribution in [0.5, 0.6) is 0 Å². The lowest BCUT2D eigenvalue weighted by Crippen LogP contribution is -1.93. The Morgan fingerprint density at radius 1 is 1.45 bits per heavy atom. The van der Waals surface area contributed by atoms with Crippen molar-refractivity contribution in [3.8, 4) is 0 Å². The van der Waals surface area contributed by atoms with Gasteiger partial charge >= 0.3 is 0 Å². The van der Waals surface area contributed by atoms with E-state index in [9.17, 15) is 0 Å². The van der Waals surface area contributed by atoms with Gasteiger partial charge in [0.15, 0.2) is 0 Å². The van der Waals surface area contributed by atoms with Gasteiger partial charge in [-0.05, 0) is 37.8 Å². The van der Waals surface area contributed by atoms with Gasteiger partial charge in [-0.1, -0.05) is 30.5 Å². The first kappa shape index (κ1) is 8.86. The Morgan fingerprint density at radius 2 is 2.18 bits per heavy atom. The van der Waals surface area contributed by atoms with Crippen molar-refractivity contribution >= 4 is 11.6 Å². The van der Waals surface area contributed by atoms with Gasteiger partial charge in [-0.2, -0.15) is 0 Å². The summed E-state index contributed by atoms with van der Waals surface area (Å²) in [6.45, 7) is 4.42. The summed E-state index contributed by atoms with van der Waals surface area (Å²) in [5.41, 5.74) is 2.99. The van der Waals surface area contributed by atoms with Gasteiger partial charge in [0.25, 0.3) is 0 Å². The van der Waals surface area contributed by atoms with Crippen molar-refractivity contribution in [3.05, 3.63) is 22.3 Å². The standard InChI is InChI=1S/C10H15Cl/c1-3-4-9-7-10(11)6-5-8(9)2/h7H,3-6H2,1-2H3. The second kappa shape index (κ2) is 3.96. The first-order valence-electron chi connectivity index (χ1n) is 4.28. The molecular formula is C10H15Cl. The van der Waals surface area contributed by atoms with Crippen LogP contribution in [0.4, 0.5) is 0 Å². The third-order valence-corrected chi connectivity index (χ3v) is 2.44. The molecule has 0 amide bonds. The van der Waals surface area contributed by atoms with Crippen LogP contribution < -0.4 is 0 Å². The van der Waals surface area contributed by atoms with E-state index in [0.29, 0.717) is 0 Å². The van der Waals surface area contributed by atoms with E-state index >= 15 is 0 Å². The normalized spacial score (nSPS) is 18.6. The monoisotopic (exact) mass is 170 g/mol. The van der Waals surface area contributed by atoms with Crippen molar-refractivity contribution in [2.24, 2.45) is 0 Å². The summed E-state index contributed by atoms with van der Waals surface area (Å²) >= 11 is 5.94. The summed E-state index contributed by atoms with van der Waals surface area (Å²) in [5, 5.41) is 1.03. The highest BCUT2D eigenvalue weighted by atomic mass is 35.5. The van der Waals surface area contributed by atoms with E-state index < -0.39 is 0 Å². The highest BCUT2D eigenvalue weighted by molar-refractivity contribution is 6.29. The molecule has 0 atom stereocenters. The summed E-state index contributed by atoms with van der Waals surface area (Å²) in [7, 11) is 0. The molecule has 0 aromatic carbocycles. The second-order valence-corrected chi connectivity index (χ2v) is 3.63. The molecule has 1 aliphatic carbocycles. The Labute approximate surface area is 73.9 Å². The average Bonchev–Trinajstić information content (AvgIpc) is 1.98. The number of halogens is 1. The van der Waals surface area contributed by atoms with Crippen LogP contribution in [-0.2, 0) is 0 Å². The number of rotatable bonds is 2. The topological polar surface area (TPSA) is 0 Å². The molecule has 0 heterocycles. The molecule has 1 heteroatoms. The van der Waals surface area contributed by atoms with Crippen LogP contribution in [0.1, 0.15) is 39.5 Å². The summed E-state index contributed by atoms with van der Waals surface area (Å²) < 4.78 is 0. The minimum Gasteiger partial charge on any atom is -0.0891 e. The van der Waals surface area contributed by atoms with Gasteiger partial charge in [0.1, 0.15) is 0 Å². The summed E-state index contributed by atoms with van der Waals surface area (Å²) in [6.07, 6.45) is 6.74. The van der Waals surface area contributed by atoms with Gasteiger partial charge in [-0.3, -0.25) is 0 Å². The van der Waals surface area contributed by atoms with Crippen LogP contribution in [0, 0.1) is 0 Å².